The maximum absolute atomic E-state index is 11.5. The van der Waals surface area contributed by atoms with E-state index in [2.05, 4.69) is 0 Å². The van der Waals surface area contributed by atoms with Gasteiger partial charge in [-0.2, -0.15) is 0 Å². The summed E-state index contributed by atoms with van der Waals surface area (Å²) in [6.45, 7) is 2.66. The molecule has 92 valence electrons. The summed E-state index contributed by atoms with van der Waals surface area (Å²) in [5.74, 6) is -0.407. The molecule has 1 aromatic rings. The summed E-state index contributed by atoms with van der Waals surface area (Å²) >= 11 is 0. The fourth-order valence-corrected chi connectivity index (χ4v) is 2.10. The zero-order valence-corrected chi connectivity index (χ0v) is 9.81. The molecule has 1 aliphatic rings. The Morgan fingerprint density at radius 3 is 3.06 bits per heavy atom. The Labute approximate surface area is 100 Å². The van der Waals surface area contributed by atoms with Gasteiger partial charge in [0, 0.05) is 0 Å². The van der Waals surface area contributed by atoms with Crippen molar-refractivity contribution in [2.45, 2.75) is 25.6 Å². The Bertz CT molecular complexity index is 416. The molecule has 1 aliphatic heterocycles. The summed E-state index contributed by atoms with van der Waals surface area (Å²) in [7, 11) is 0. The van der Waals surface area contributed by atoms with Gasteiger partial charge in [-0.1, -0.05) is 24.3 Å². The highest BCUT2D eigenvalue weighted by Gasteiger charge is 2.37. The predicted octanol–water partition coefficient (Wildman–Crippen LogP) is 1.36. The SMILES string of the molecule is CCOC(=O)CC1(O)COCc2ccccc21. The third kappa shape index (κ3) is 2.48. The Morgan fingerprint density at radius 1 is 1.53 bits per heavy atom. The van der Waals surface area contributed by atoms with Crippen molar-refractivity contribution in [1.82, 2.24) is 0 Å². The van der Waals surface area contributed by atoms with Gasteiger partial charge in [0.2, 0.25) is 0 Å². The molecule has 0 amide bonds. The quantitative estimate of drug-likeness (QED) is 0.805. The van der Waals surface area contributed by atoms with Crippen molar-refractivity contribution >= 4 is 5.97 Å². The normalized spacial score (nSPS) is 22.9. The molecule has 0 fully saturated rings. The fourth-order valence-electron chi connectivity index (χ4n) is 2.10. The molecule has 0 saturated heterocycles. The maximum atomic E-state index is 11.5. The molecule has 1 heterocycles. The van der Waals surface area contributed by atoms with Crippen molar-refractivity contribution < 1.29 is 19.4 Å². The smallest absolute Gasteiger partial charge is 0.309 e. The predicted molar refractivity (Wildman–Crippen MR) is 61.2 cm³/mol. The minimum Gasteiger partial charge on any atom is -0.466 e. The van der Waals surface area contributed by atoms with Crippen LogP contribution in [0.1, 0.15) is 24.5 Å². The van der Waals surface area contributed by atoms with E-state index in [0.29, 0.717) is 13.2 Å². The minimum absolute atomic E-state index is 0.0716. The van der Waals surface area contributed by atoms with E-state index < -0.39 is 11.6 Å². The van der Waals surface area contributed by atoms with Crippen LogP contribution in [-0.2, 0) is 26.5 Å². The number of esters is 1. The molecule has 1 atom stereocenters. The van der Waals surface area contributed by atoms with Gasteiger partial charge in [-0.05, 0) is 18.1 Å². The molecule has 0 bridgehead atoms. The second-order valence-electron chi connectivity index (χ2n) is 4.16. The van der Waals surface area contributed by atoms with E-state index in [4.69, 9.17) is 9.47 Å². The van der Waals surface area contributed by atoms with Gasteiger partial charge >= 0.3 is 5.97 Å². The van der Waals surface area contributed by atoms with E-state index in [1.807, 2.05) is 24.3 Å². The lowest BCUT2D eigenvalue weighted by atomic mass is 9.86. The van der Waals surface area contributed by atoms with Crippen molar-refractivity contribution in [2.24, 2.45) is 0 Å². The maximum Gasteiger partial charge on any atom is 0.309 e. The molecule has 17 heavy (non-hydrogen) atoms. The highest BCUT2D eigenvalue weighted by molar-refractivity contribution is 5.71. The minimum atomic E-state index is -1.26. The largest absolute Gasteiger partial charge is 0.466 e. The fraction of sp³-hybridized carbons (Fsp3) is 0.462. The molecule has 0 aromatic heterocycles. The van der Waals surface area contributed by atoms with Gasteiger partial charge in [0.1, 0.15) is 5.60 Å². The van der Waals surface area contributed by atoms with Crippen LogP contribution in [0, 0.1) is 0 Å². The first-order valence-corrected chi connectivity index (χ1v) is 5.70. The van der Waals surface area contributed by atoms with Crippen LogP contribution >= 0.6 is 0 Å². The van der Waals surface area contributed by atoms with Crippen molar-refractivity contribution in [3.63, 3.8) is 0 Å². The van der Waals surface area contributed by atoms with Crippen molar-refractivity contribution in [3.8, 4) is 0 Å². The number of carbonyl (C=O) groups excluding carboxylic acids is 1. The highest BCUT2D eigenvalue weighted by Crippen LogP contribution is 2.33. The second-order valence-corrected chi connectivity index (χ2v) is 4.16. The van der Waals surface area contributed by atoms with Crippen molar-refractivity contribution in [2.75, 3.05) is 13.2 Å². The molecule has 4 heteroatoms. The summed E-state index contributed by atoms with van der Waals surface area (Å²) < 4.78 is 10.2. The third-order valence-corrected chi connectivity index (χ3v) is 2.86. The molecule has 2 rings (SSSR count). The van der Waals surface area contributed by atoms with Crippen molar-refractivity contribution in [1.29, 1.82) is 0 Å². The number of aliphatic hydroxyl groups is 1. The molecule has 0 radical (unpaired) electrons. The van der Waals surface area contributed by atoms with E-state index in [-0.39, 0.29) is 13.0 Å². The number of benzene rings is 1. The number of hydrogen-bond donors (Lipinski definition) is 1. The zero-order valence-electron chi connectivity index (χ0n) is 9.81. The van der Waals surface area contributed by atoms with Crippen LogP contribution in [0.15, 0.2) is 24.3 Å². The average Bonchev–Trinajstić information content (AvgIpc) is 2.29. The molecule has 0 spiro atoms. The van der Waals surface area contributed by atoms with Crippen LogP contribution < -0.4 is 0 Å². The van der Waals surface area contributed by atoms with Gasteiger partial charge in [0.25, 0.3) is 0 Å². The topological polar surface area (TPSA) is 55.8 Å². The first-order chi connectivity index (χ1) is 8.15. The number of carbonyl (C=O) groups is 1. The lowest BCUT2D eigenvalue weighted by molar-refractivity contribution is -0.154. The molecule has 0 aliphatic carbocycles. The Morgan fingerprint density at radius 2 is 2.29 bits per heavy atom. The summed E-state index contributed by atoms with van der Waals surface area (Å²) in [5.41, 5.74) is 0.422. The third-order valence-electron chi connectivity index (χ3n) is 2.86. The highest BCUT2D eigenvalue weighted by atomic mass is 16.5. The van der Waals surface area contributed by atoms with Crippen molar-refractivity contribution in [3.05, 3.63) is 35.4 Å². The lowest BCUT2D eigenvalue weighted by Crippen LogP contribution is -2.38. The first kappa shape index (κ1) is 12.1. The Kier molecular flexibility index (Phi) is 3.45. The summed E-state index contributed by atoms with van der Waals surface area (Å²) in [6.07, 6.45) is -0.0716. The van der Waals surface area contributed by atoms with E-state index in [0.717, 1.165) is 11.1 Å². The number of ether oxygens (including phenoxy) is 2. The van der Waals surface area contributed by atoms with Crippen LogP contribution in [0.4, 0.5) is 0 Å². The van der Waals surface area contributed by atoms with Gasteiger partial charge in [-0.15, -0.1) is 0 Å². The summed E-state index contributed by atoms with van der Waals surface area (Å²) in [5, 5.41) is 10.5. The van der Waals surface area contributed by atoms with Gasteiger partial charge < -0.3 is 14.6 Å². The average molecular weight is 236 g/mol. The monoisotopic (exact) mass is 236 g/mol. The molecular weight excluding hydrogens is 220 g/mol. The van der Waals surface area contributed by atoms with Crippen LogP contribution in [0.3, 0.4) is 0 Å². The number of fused-ring (bicyclic) bond motifs is 1. The molecule has 1 unspecified atom stereocenters. The lowest BCUT2D eigenvalue weighted by Gasteiger charge is -2.33. The van der Waals surface area contributed by atoms with Crippen LogP contribution in [0.25, 0.3) is 0 Å². The first-order valence-electron chi connectivity index (χ1n) is 5.70. The van der Waals surface area contributed by atoms with E-state index in [1.165, 1.54) is 0 Å². The standard InChI is InChI=1S/C13H16O4/c1-2-17-12(14)7-13(15)9-16-8-10-5-3-4-6-11(10)13/h3-6,15H,2,7-9H2,1H3. The second kappa shape index (κ2) is 4.85. The van der Waals surface area contributed by atoms with E-state index >= 15 is 0 Å². The Balaban J connectivity index is 2.23. The zero-order chi connectivity index (χ0) is 12.3. The number of hydrogen-bond acceptors (Lipinski definition) is 4. The summed E-state index contributed by atoms with van der Waals surface area (Å²) in [4.78, 5) is 11.5. The molecule has 1 aromatic carbocycles. The molecule has 1 N–H and O–H groups in total. The van der Waals surface area contributed by atoms with Crippen LogP contribution in [-0.4, -0.2) is 24.3 Å². The van der Waals surface area contributed by atoms with Crippen LogP contribution in [0.2, 0.25) is 0 Å². The molecule has 0 saturated carbocycles. The number of rotatable bonds is 3. The van der Waals surface area contributed by atoms with E-state index in [9.17, 15) is 9.90 Å². The van der Waals surface area contributed by atoms with Crippen LogP contribution in [0.5, 0.6) is 0 Å². The molecular formula is C13H16O4. The molecule has 4 nitrogen and oxygen atoms in total. The Hall–Kier alpha value is -1.39. The van der Waals surface area contributed by atoms with Gasteiger partial charge in [-0.3, -0.25) is 4.79 Å². The van der Waals surface area contributed by atoms with Gasteiger partial charge in [0.05, 0.1) is 26.2 Å². The summed E-state index contributed by atoms with van der Waals surface area (Å²) in [6, 6.07) is 7.46. The van der Waals surface area contributed by atoms with Gasteiger partial charge in [-0.25, -0.2) is 0 Å². The van der Waals surface area contributed by atoms with E-state index in [1.54, 1.807) is 6.92 Å². The van der Waals surface area contributed by atoms with Gasteiger partial charge in [0.15, 0.2) is 0 Å².